The van der Waals surface area contributed by atoms with Crippen LogP contribution < -0.4 is 4.90 Å². The van der Waals surface area contributed by atoms with Gasteiger partial charge in [0.25, 0.3) is 0 Å². The van der Waals surface area contributed by atoms with Crippen LogP contribution in [0.5, 0.6) is 0 Å². The Morgan fingerprint density at radius 1 is 1.53 bits per heavy atom. The van der Waals surface area contributed by atoms with Gasteiger partial charge in [-0.2, -0.15) is 0 Å². The van der Waals surface area contributed by atoms with Crippen molar-refractivity contribution in [3.05, 3.63) is 29.8 Å². The number of hydrogen-bond acceptors (Lipinski definition) is 3. The molecular weight excluding hydrogens is 222 g/mol. The summed E-state index contributed by atoms with van der Waals surface area (Å²) < 4.78 is 4.84. The van der Waals surface area contributed by atoms with Gasteiger partial charge < -0.3 is 9.84 Å². The number of aliphatic carboxylic acids is 1. The van der Waals surface area contributed by atoms with Gasteiger partial charge in [-0.15, -0.1) is 0 Å². The van der Waals surface area contributed by atoms with Gasteiger partial charge in [-0.05, 0) is 31.5 Å². The number of ether oxygens (including phenoxy) is 1. The number of carboxylic acids is 1. The highest BCUT2D eigenvalue weighted by atomic mass is 16.6. The third-order valence-corrected chi connectivity index (χ3v) is 2.87. The van der Waals surface area contributed by atoms with Gasteiger partial charge in [0.2, 0.25) is 0 Å². The molecule has 1 amide bonds. The van der Waals surface area contributed by atoms with Gasteiger partial charge in [0, 0.05) is 5.69 Å². The molecular formula is C12H13NO4. The number of amides is 1. The van der Waals surface area contributed by atoms with Crippen molar-refractivity contribution >= 4 is 17.7 Å². The summed E-state index contributed by atoms with van der Waals surface area (Å²) in [6, 6.07) is 7.11. The van der Waals surface area contributed by atoms with E-state index in [0.717, 1.165) is 5.56 Å². The Morgan fingerprint density at radius 2 is 2.24 bits per heavy atom. The monoisotopic (exact) mass is 235 g/mol. The molecule has 1 aromatic carbocycles. The van der Waals surface area contributed by atoms with Crippen molar-refractivity contribution in [2.75, 3.05) is 11.5 Å². The van der Waals surface area contributed by atoms with Gasteiger partial charge in [-0.25, -0.2) is 9.59 Å². The predicted octanol–water partition coefficient (Wildman–Crippen LogP) is 1.79. The van der Waals surface area contributed by atoms with Gasteiger partial charge in [-0.1, -0.05) is 12.1 Å². The number of aryl methyl sites for hydroxylation is 1. The minimum Gasteiger partial charge on any atom is -0.479 e. The molecule has 1 fully saturated rings. The summed E-state index contributed by atoms with van der Waals surface area (Å²) in [6.45, 7) is 3.21. The molecule has 2 rings (SSSR count). The molecule has 0 spiro atoms. The van der Waals surface area contributed by atoms with Crippen molar-refractivity contribution < 1.29 is 19.4 Å². The molecule has 1 unspecified atom stereocenters. The summed E-state index contributed by atoms with van der Waals surface area (Å²) >= 11 is 0. The molecule has 5 heteroatoms. The molecule has 1 saturated heterocycles. The minimum absolute atomic E-state index is 0.144. The van der Waals surface area contributed by atoms with Crippen molar-refractivity contribution in [1.29, 1.82) is 0 Å². The van der Waals surface area contributed by atoms with Gasteiger partial charge in [0.15, 0.2) is 5.54 Å². The number of rotatable bonds is 2. The summed E-state index contributed by atoms with van der Waals surface area (Å²) in [5.74, 6) is -1.08. The van der Waals surface area contributed by atoms with Gasteiger partial charge in [0.05, 0.1) is 0 Å². The number of cyclic esters (lactones) is 1. The van der Waals surface area contributed by atoms with Crippen LogP contribution in [0, 0.1) is 6.92 Å². The zero-order chi connectivity index (χ0) is 12.6. The van der Waals surface area contributed by atoms with Gasteiger partial charge in [-0.3, -0.25) is 4.90 Å². The molecule has 90 valence electrons. The molecule has 1 atom stereocenters. The Bertz CT molecular complexity index is 485. The number of hydrogen-bond donors (Lipinski definition) is 1. The Hall–Kier alpha value is -2.04. The fourth-order valence-corrected chi connectivity index (χ4v) is 1.85. The zero-order valence-corrected chi connectivity index (χ0v) is 9.64. The first-order valence-electron chi connectivity index (χ1n) is 5.22. The second-order valence-corrected chi connectivity index (χ2v) is 4.31. The number of nitrogens with zero attached hydrogens (tertiary/aromatic N) is 1. The van der Waals surface area contributed by atoms with Crippen LogP contribution in [0.3, 0.4) is 0 Å². The number of carboxylic acid groups (broad SMARTS) is 1. The summed E-state index contributed by atoms with van der Waals surface area (Å²) in [7, 11) is 0. The van der Waals surface area contributed by atoms with Crippen LogP contribution in [-0.4, -0.2) is 29.3 Å². The number of benzene rings is 1. The first kappa shape index (κ1) is 11.4. The molecule has 1 aliphatic rings. The third-order valence-electron chi connectivity index (χ3n) is 2.87. The van der Waals surface area contributed by atoms with Crippen LogP contribution in [0.4, 0.5) is 10.5 Å². The maximum absolute atomic E-state index is 11.6. The van der Waals surface area contributed by atoms with Crippen LogP contribution >= 0.6 is 0 Å². The minimum atomic E-state index is -1.34. The molecule has 0 saturated carbocycles. The molecule has 1 N–H and O–H groups in total. The lowest BCUT2D eigenvalue weighted by molar-refractivity contribution is -0.142. The predicted molar refractivity (Wildman–Crippen MR) is 61.0 cm³/mol. The lowest BCUT2D eigenvalue weighted by Crippen LogP contribution is -2.51. The van der Waals surface area contributed by atoms with Crippen LogP contribution in [-0.2, 0) is 9.53 Å². The average molecular weight is 235 g/mol. The Kier molecular flexibility index (Phi) is 2.53. The summed E-state index contributed by atoms with van der Waals surface area (Å²) in [5, 5.41) is 9.22. The Balaban J connectivity index is 2.48. The van der Waals surface area contributed by atoms with Crippen LogP contribution in [0.25, 0.3) is 0 Å². The third kappa shape index (κ3) is 1.73. The lowest BCUT2D eigenvalue weighted by Gasteiger charge is -2.27. The molecule has 1 aliphatic heterocycles. The summed E-state index contributed by atoms with van der Waals surface area (Å²) in [5.41, 5.74) is 0.151. The van der Waals surface area contributed by atoms with E-state index in [4.69, 9.17) is 4.74 Å². The Morgan fingerprint density at radius 3 is 2.82 bits per heavy atom. The second-order valence-electron chi connectivity index (χ2n) is 4.31. The first-order chi connectivity index (χ1) is 7.95. The number of anilines is 1. The quantitative estimate of drug-likeness (QED) is 0.848. The topological polar surface area (TPSA) is 66.8 Å². The van der Waals surface area contributed by atoms with E-state index in [1.54, 1.807) is 18.2 Å². The number of carbonyl (C=O) groups is 2. The standard InChI is InChI=1S/C12H13NO4/c1-8-4-3-5-9(6-8)13-11(16)17-7-12(13,2)10(14)15/h3-6H,7H2,1-2H3,(H,14,15). The van der Waals surface area contributed by atoms with Crippen molar-refractivity contribution in [2.24, 2.45) is 0 Å². The van der Waals surface area contributed by atoms with Gasteiger partial charge in [0.1, 0.15) is 6.61 Å². The van der Waals surface area contributed by atoms with Crippen LogP contribution in [0.2, 0.25) is 0 Å². The van der Waals surface area contributed by atoms with E-state index < -0.39 is 17.6 Å². The normalized spacial score (nSPS) is 23.6. The van der Waals surface area contributed by atoms with Crippen molar-refractivity contribution in [1.82, 2.24) is 0 Å². The fraction of sp³-hybridized carbons (Fsp3) is 0.333. The fourth-order valence-electron chi connectivity index (χ4n) is 1.85. The van der Waals surface area contributed by atoms with E-state index in [2.05, 4.69) is 0 Å². The molecule has 5 nitrogen and oxygen atoms in total. The van der Waals surface area contributed by atoms with Crippen molar-refractivity contribution in [3.63, 3.8) is 0 Å². The second kappa shape index (κ2) is 3.76. The summed E-state index contributed by atoms with van der Waals surface area (Å²) in [4.78, 5) is 24.1. The van der Waals surface area contributed by atoms with E-state index in [9.17, 15) is 14.7 Å². The SMILES string of the molecule is Cc1cccc(N2C(=O)OCC2(C)C(=O)O)c1. The van der Waals surface area contributed by atoms with E-state index in [-0.39, 0.29) is 6.61 Å². The van der Waals surface area contributed by atoms with Crippen molar-refractivity contribution in [2.45, 2.75) is 19.4 Å². The molecule has 1 heterocycles. The maximum atomic E-state index is 11.6. The Labute approximate surface area is 98.6 Å². The molecule has 0 aliphatic carbocycles. The van der Waals surface area contributed by atoms with E-state index in [1.807, 2.05) is 13.0 Å². The van der Waals surface area contributed by atoms with E-state index in [0.29, 0.717) is 5.69 Å². The molecule has 1 aromatic rings. The highest BCUT2D eigenvalue weighted by Crippen LogP contribution is 2.31. The van der Waals surface area contributed by atoms with Crippen LogP contribution in [0.1, 0.15) is 12.5 Å². The highest BCUT2D eigenvalue weighted by molar-refractivity contribution is 6.00. The average Bonchev–Trinajstić information content (AvgIpc) is 2.56. The van der Waals surface area contributed by atoms with Gasteiger partial charge >= 0.3 is 12.1 Å². The maximum Gasteiger partial charge on any atom is 0.415 e. The first-order valence-corrected chi connectivity index (χ1v) is 5.22. The molecule has 17 heavy (non-hydrogen) atoms. The lowest BCUT2D eigenvalue weighted by atomic mass is 10.0. The summed E-state index contributed by atoms with van der Waals surface area (Å²) in [6.07, 6.45) is -0.625. The van der Waals surface area contributed by atoms with E-state index in [1.165, 1.54) is 11.8 Å². The van der Waals surface area contributed by atoms with E-state index >= 15 is 0 Å². The molecule has 0 radical (unpaired) electrons. The molecule has 0 bridgehead atoms. The zero-order valence-electron chi connectivity index (χ0n) is 9.64. The smallest absolute Gasteiger partial charge is 0.415 e. The number of carbonyl (C=O) groups excluding carboxylic acids is 1. The van der Waals surface area contributed by atoms with Crippen molar-refractivity contribution in [3.8, 4) is 0 Å². The highest BCUT2D eigenvalue weighted by Gasteiger charge is 2.50. The van der Waals surface area contributed by atoms with Crippen LogP contribution in [0.15, 0.2) is 24.3 Å². The molecule has 0 aromatic heterocycles. The largest absolute Gasteiger partial charge is 0.479 e.